The average molecular weight is 206 g/mol. The predicted octanol–water partition coefficient (Wildman–Crippen LogP) is 1.26. The number of furan rings is 1. The predicted molar refractivity (Wildman–Crippen MR) is 55.0 cm³/mol. The summed E-state index contributed by atoms with van der Waals surface area (Å²) in [5, 5.41) is 7.31. The first-order valence-electron chi connectivity index (χ1n) is 4.87. The average Bonchev–Trinajstić information content (AvgIpc) is 2.85. The molecule has 0 aliphatic carbocycles. The molecule has 15 heavy (non-hydrogen) atoms. The molecule has 80 valence electrons. The van der Waals surface area contributed by atoms with Gasteiger partial charge in [-0.05, 0) is 19.1 Å². The molecule has 5 heteroatoms. The molecule has 1 atom stereocenters. The summed E-state index contributed by atoms with van der Waals surface area (Å²) in [6.07, 6.45) is 3.23. The van der Waals surface area contributed by atoms with Crippen LogP contribution in [0.2, 0.25) is 0 Å². The second kappa shape index (κ2) is 4.27. The summed E-state index contributed by atoms with van der Waals surface area (Å²) in [6.45, 7) is 2.73. The molecule has 5 nitrogen and oxygen atoms in total. The second-order valence-electron chi connectivity index (χ2n) is 3.42. The van der Waals surface area contributed by atoms with E-state index in [1.54, 1.807) is 17.3 Å². The lowest BCUT2D eigenvalue weighted by atomic mass is 10.2. The zero-order valence-corrected chi connectivity index (χ0v) is 8.84. The second-order valence-corrected chi connectivity index (χ2v) is 3.42. The number of rotatable bonds is 4. The van der Waals surface area contributed by atoms with Crippen LogP contribution in [0, 0.1) is 0 Å². The number of nitrogens with zero attached hydrogens (tertiary/aromatic N) is 3. The van der Waals surface area contributed by atoms with Crippen molar-refractivity contribution >= 4 is 0 Å². The standard InChI is InChI=1S/C10H14N4O/c1-8(9-4-3-5-15-9)11-6-10-12-7-13-14(10)2/h3-5,7-8,11H,6H2,1-2H3/t8-/m1/s1. The van der Waals surface area contributed by atoms with Crippen molar-refractivity contribution in [2.45, 2.75) is 19.5 Å². The van der Waals surface area contributed by atoms with Gasteiger partial charge in [-0.3, -0.25) is 4.68 Å². The Morgan fingerprint density at radius 2 is 2.47 bits per heavy atom. The number of nitrogens with one attached hydrogen (secondary N) is 1. The van der Waals surface area contributed by atoms with Gasteiger partial charge < -0.3 is 9.73 Å². The van der Waals surface area contributed by atoms with E-state index < -0.39 is 0 Å². The summed E-state index contributed by atoms with van der Waals surface area (Å²) in [5.41, 5.74) is 0. The molecule has 0 saturated heterocycles. The van der Waals surface area contributed by atoms with Gasteiger partial charge in [-0.15, -0.1) is 0 Å². The van der Waals surface area contributed by atoms with Crippen LogP contribution in [-0.2, 0) is 13.6 Å². The van der Waals surface area contributed by atoms with Crippen molar-refractivity contribution in [3.8, 4) is 0 Å². The van der Waals surface area contributed by atoms with Gasteiger partial charge in [0.2, 0.25) is 0 Å². The highest BCUT2D eigenvalue weighted by atomic mass is 16.3. The SMILES string of the molecule is C[C@@H](NCc1ncnn1C)c1ccco1. The lowest BCUT2D eigenvalue weighted by molar-refractivity contribution is 0.424. The van der Waals surface area contributed by atoms with Gasteiger partial charge in [-0.2, -0.15) is 5.10 Å². The zero-order chi connectivity index (χ0) is 10.7. The van der Waals surface area contributed by atoms with Gasteiger partial charge >= 0.3 is 0 Å². The molecular formula is C10H14N4O. The quantitative estimate of drug-likeness (QED) is 0.818. The third kappa shape index (κ3) is 2.24. The van der Waals surface area contributed by atoms with E-state index in [1.165, 1.54) is 0 Å². The van der Waals surface area contributed by atoms with Gasteiger partial charge in [0, 0.05) is 7.05 Å². The van der Waals surface area contributed by atoms with Gasteiger partial charge in [0.05, 0.1) is 18.8 Å². The molecule has 0 fully saturated rings. The van der Waals surface area contributed by atoms with E-state index in [0.29, 0.717) is 6.54 Å². The van der Waals surface area contributed by atoms with Crippen LogP contribution in [0.5, 0.6) is 0 Å². The number of hydrogen-bond acceptors (Lipinski definition) is 4. The Morgan fingerprint density at radius 3 is 3.07 bits per heavy atom. The highest BCUT2D eigenvalue weighted by molar-refractivity contribution is 5.03. The Balaban J connectivity index is 1.91. The molecule has 2 aromatic rings. The highest BCUT2D eigenvalue weighted by Gasteiger charge is 2.08. The van der Waals surface area contributed by atoms with Crippen LogP contribution in [0.15, 0.2) is 29.1 Å². The van der Waals surface area contributed by atoms with Crippen molar-refractivity contribution < 1.29 is 4.42 Å². The monoisotopic (exact) mass is 206 g/mol. The number of hydrogen-bond donors (Lipinski definition) is 1. The topological polar surface area (TPSA) is 55.9 Å². The molecule has 0 saturated carbocycles. The van der Waals surface area contributed by atoms with E-state index in [0.717, 1.165) is 11.6 Å². The van der Waals surface area contributed by atoms with Crippen LogP contribution >= 0.6 is 0 Å². The van der Waals surface area contributed by atoms with E-state index in [1.807, 2.05) is 19.2 Å². The van der Waals surface area contributed by atoms with Gasteiger partial charge in [-0.1, -0.05) is 0 Å². The molecular weight excluding hydrogens is 192 g/mol. The fourth-order valence-electron chi connectivity index (χ4n) is 1.36. The maximum Gasteiger partial charge on any atom is 0.140 e. The fraction of sp³-hybridized carbons (Fsp3) is 0.400. The van der Waals surface area contributed by atoms with Gasteiger partial charge in [0.15, 0.2) is 0 Å². The zero-order valence-electron chi connectivity index (χ0n) is 8.84. The smallest absolute Gasteiger partial charge is 0.140 e. The van der Waals surface area contributed by atoms with Crippen molar-refractivity contribution in [2.75, 3.05) is 0 Å². The lowest BCUT2D eigenvalue weighted by Gasteiger charge is -2.10. The molecule has 0 radical (unpaired) electrons. The van der Waals surface area contributed by atoms with Crippen molar-refractivity contribution in [3.63, 3.8) is 0 Å². The Kier molecular flexibility index (Phi) is 2.82. The van der Waals surface area contributed by atoms with Crippen molar-refractivity contribution in [1.82, 2.24) is 20.1 Å². The molecule has 2 rings (SSSR count). The Morgan fingerprint density at radius 1 is 1.60 bits per heavy atom. The Hall–Kier alpha value is -1.62. The van der Waals surface area contributed by atoms with E-state index in [9.17, 15) is 0 Å². The lowest BCUT2D eigenvalue weighted by Crippen LogP contribution is -2.20. The largest absolute Gasteiger partial charge is 0.468 e. The summed E-state index contributed by atoms with van der Waals surface area (Å²) >= 11 is 0. The first-order chi connectivity index (χ1) is 7.27. The summed E-state index contributed by atoms with van der Waals surface area (Å²) < 4.78 is 7.04. The molecule has 0 aliphatic rings. The van der Waals surface area contributed by atoms with Gasteiger partial charge in [0.25, 0.3) is 0 Å². The maximum absolute atomic E-state index is 5.29. The summed E-state index contributed by atoms with van der Waals surface area (Å²) in [7, 11) is 1.88. The van der Waals surface area contributed by atoms with E-state index in [2.05, 4.69) is 22.3 Å². The number of aryl methyl sites for hydroxylation is 1. The summed E-state index contributed by atoms with van der Waals surface area (Å²) in [6, 6.07) is 4.01. The van der Waals surface area contributed by atoms with Gasteiger partial charge in [-0.25, -0.2) is 4.98 Å². The summed E-state index contributed by atoms with van der Waals surface area (Å²) in [4.78, 5) is 4.13. The molecule has 0 bridgehead atoms. The first-order valence-corrected chi connectivity index (χ1v) is 4.87. The molecule has 0 aromatic carbocycles. The van der Waals surface area contributed by atoms with E-state index in [-0.39, 0.29) is 6.04 Å². The normalized spacial score (nSPS) is 12.9. The van der Waals surface area contributed by atoms with Crippen molar-refractivity contribution in [1.29, 1.82) is 0 Å². The minimum Gasteiger partial charge on any atom is -0.468 e. The minimum absolute atomic E-state index is 0.178. The maximum atomic E-state index is 5.29. The fourth-order valence-corrected chi connectivity index (χ4v) is 1.36. The van der Waals surface area contributed by atoms with Crippen LogP contribution in [0.25, 0.3) is 0 Å². The number of aromatic nitrogens is 3. The van der Waals surface area contributed by atoms with Crippen molar-refractivity contribution in [2.24, 2.45) is 7.05 Å². The van der Waals surface area contributed by atoms with Crippen LogP contribution in [0.1, 0.15) is 24.6 Å². The molecule has 0 spiro atoms. The Bertz CT molecular complexity index is 407. The summed E-state index contributed by atoms with van der Waals surface area (Å²) in [5.74, 6) is 1.84. The molecule has 0 unspecified atom stereocenters. The molecule has 2 heterocycles. The van der Waals surface area contributed by atoms with E-state index in [4.69, 9.17) is 4.42 Å². The first kappa shape index (κ1) is 9.92. The van der Waals surface area contributed by atoms with Crippen LogP contribution < -0.4 is 5.32 Å². The van der Waals surface area contributed by atoms with Crippen molar-refractivity contribution in [3.05, 3.63) is 36.3 Å². The van der Waals surface area contributed by atoms with Crippen LogP contribution in [0.3, 0.4) is 0 Å². The van der Waals surface area contributed by atoms with Crippen LogP contribution in [0.4, 0.5) is 0 Å². The minimum atomic E-state index is 0.178. The molecule has 0 amide bonds. The third-order valence-corrected chi connectivity index (χ3v) is 2.34. The third-order valence-electron chi connectivity index (χ3n) is 2.34. The molecule has 1 N–H and O–H groups in total. The molecule has 2 aromatic heterocycles. The Labute approximate surface area is 88.1 Å². The van der Waals surface area contributed by atoms with Crippen LogP contribution in [-0.4, -0.2) is 14.8 Å². The van der Waals surface area contributed by atoms with E-state index >= 15 is 0 Å². The molecule has 0 aliphatic heterocycles. The van der Waals surface area contributed by atoms with Gasteiger partial charge in [0.1, 0.15) is 17.9 Å². The highest BCUT2D eigenvalue weighted by Crippen LogP contribution is 2.12.